The summed E-state index contributed by atoms with van der Waals surface area (Å²) in [6.45, 7) is 1.99. The van der Waals surface area contributed by atoms with Gasteiger partial charge in [-0.1, -0.05) is 42.5 Å². The molecule has 0 aliphatic carbocycles. The summed E-state index contributed by atoms with van der Waals surface area (Å²) in [6.07, 6.45) is 2.90. The van der Waals surface area contributed by atoms with E-state index in [1.54, 1.807) is 7.11 Å². The lowest BCUT2D eigenvalue weighted by Gasteiger charge is -2.37. The van der Waals surface area contributed by atoms with Crippen molar-refractivity contribution in [2.24, 2.45) is 0 Å². The van der Waals surface area contributed by atoms with Gasteiger partial charge in [0.15, 0.2) is 0 Å². The molecule has 5 heteroatoms. The van der Waals surface area contributed by atoms with Crippen LogP contribution in [0.1, 0.15) is 22.9 Å². The number of hydrogen-bond acceptors (Lipinski definition) is 2. The molecule has 1 aromatic heterocycles. The van der Waals surface area contributed by atoms with Crippen LogP contribution in [-0.2, 0) is 19.5 Å². The molecule has 0 fully saturated rings. The van der Waals surface area contributed by atoms with Gasteiger partial charge in [-0.25, -0.2) is 4.79 Å². The number of carbonyl (C=O) groups is 1. The predicted molar refractivity (Wildman–Crippen MR) is 109 cm³/mol. The number of rotatable bonds is 5. The SMILES string of the molecule is COc1cccc(CNC(=O)N2CCn3cccc3[C@H]2Cc2ccccc2)c1. The van der Waals surface area contributed by atoms with Crippen molar-refractivity contribution >= 4 is 6.03 Å². The Kier molecular flexibility index (Phi) is 5.33. The van der Waals surface area contributed by atoms with Gasteiger partial charge in [0.05, 0.1) is 13.2 Å². The summed E-state index contributed by atoms with van der Waals surface area (Å²) in [5.41, 5.74) is 3.44. The van der Waals surface area contributed by atoms with Gasteiger partial charge in [-0.15, -0.1) is 0 Å². The number of aromatic nitrogens is 1. The maximum atomic E-state index is 13.0. The smallest absolute Gasteiger partial charge is 0.318 e. The maximum absolute atomic E-state index is 13.0. The van der Waals surface area contributed by atoms with E-state index in [0.717, 1.165) is 24.3 Å². The third-order valence-electron chi connectivity index (χ3n) is 5.27. The van der Waals surface area contributed by atoms with Crippen molar-refractivity contribution in [2.75, 3.05) is 13.7 Å². The van der Waals surface area contributed by atoms with E-state index in [0.29, 0.717) is 13.1 Å². The Morgan fingerprint density at radius 2 is 1.86 bits per heavy atom. The minimum Gasteiger partial charge on any atom is -0.497 e. The van der Waals surface area contributed by atoms with Gasteiger partial charge in [0, 0.05) is 31.5 Å². The lowest BCUT2D eigenvalue weighted by Crippen LogP contribution is -2.47. The fraction of sp³-hybridized carbons (Fsp3) is 0.261. The van der Waals surface area contributed by atoms with Crippen LogP contribution in [0.5, 0.6) is 5.75 Å². The van der Waals surface area contributed by atoms with Crippen LogP contribution in [0.4, 0.5) is 4.79 Å². The van der Waals surface area contributed by atoms with Gasteiger partial charge in [0.2, 0.25) is 0 Å². The largest absolute Gasteiger partial charge is 0.497 e. The number of fused-ring (bicyclic) bond motifs is 1. The van der Waals surface area contributed by atoms with Gasteiger partial charge in [0.1, 0.15) is 5.75 Å². The third-order valence-corrected chi connectivity index (χ3v) is 5.27. The Labute approximate surface area is 165 Å². The van der Waals surface area contributed by atoms with E-state index in [4.69, 9.17) is 4.74 Å². The van der Waals surface area contributed by atoms with E-state index in [9.17, 15) is 4.79 Å². The van der Waals surface area contributed by atoms with Crippen molar-refractivity contribution in [3.05, 3.63) is 89.7 Å². The molecule has 0 bridgehead atoms. The quantitative estimate of drug-likeness (QED) is 0.732. The first kappa shape index (κ1) is 18.2. The second-order valence-electron chi connectivity index (χ2n) is 7.04. The fourth-order valence-corrected chi connectivity index (χ4v) is 3.82. The number of benzene rings is 2. The Morgan fingerprint density at radius 3 is 2.68 bits per heavy atom. The van der Waals surface area contributed by atoms with E-state index >= 15 is 0 Å². The minimum absolute atomic E-state index is 0.0245. The highest BCUT2D eigenvalue weighted by Crippen LogP contribution is 2.29. The molecular formula is C23H25N3O2. The van der Waals surface area contributed by atoms with Gasteiger partial charge in [-0.3, -0.25) is 0 Å². The second-order valence-corrected chi connectivity index (χ2v) is 7.04. The zero-order valence-electron chi connectivity index (χ0n) is 16.0. The molecule has 0 radical (unpaired) electrons. The van der Waals surface area contributed by atoms with Crippen LogP contribution < -0.4 is 10.1 Å². The molecule has 2 heterocycles. The van der Waals surface area contributed by atoms with Crippen molar-refractivity contribution < 1.29 is 9.53 Å². The summed E-state index contributed by atoms with van der Waals surface area (Å²) in [7, 11) is 1.65. The molecule has 1 N–H and O–H groups in total. The van der Waals surface area contributed by atoms with E-state index in [1.165, 1.54) is 11.3 Å². The first-order chi connectivity index (χ1) is 13.7. The highest BCUT2D eigenvalue weighted by Gasteiger charge is 2.30. The van der Waals surface area contributed by atoms with Crippen molar-refractivity contribution in [1.29, 1.82) is 0 Å². The van der Waals surface area contributed by atoms with Crippen LogP contribution in [-0.4, -0.2) is 29.2 Å². The van der Waals surface area contributed by atoms with Crippen LogP contribution in [0.25, 0.3) is 0 Å². The van der Waals surface area contributed by atoms with Crippen LogP contribution in [0, 0.1) is 0 Å². The second kappa shape index (κ2) is 8.21. The monoisotopic (exact) mass is 375 g/mol. The summed E-state index contributed by atoms with van der Waals surface area (Å²) in [5, 5.41) is 3.08. The van der Waals surface area contributed by atoms with E-state index in [-0.39, 0.29) is 12.1 Å². The number of nitrogens with zero attached hydrogens (tertiary/aromatic N) is 2. The number of nitrogens with one attached hydrogen (secondary N) is 1. The van der Waals surface area contributed by atoms with Crippen molar-refractivity contribution in [3.8, 4) is 5.75 Å². The topological polar surface area (TPSA) is 46.5 Å². The molecule has 0 saturated carbocycles. The molecular weight excluding hydrogens is 350 g/mol. The number of urea groups is 1. The molecule has 144 valence electrons. The lowest BCUT2D eigenvalue weighted by molar-refractivity contribution is 0.155. The van der Waals surface area contributed by atoms with Crippen molar-refractivity contribution in [3.63, 3.8) is 0 Å². The molecule has 1 aliphatic heterocycles. The molecule has 0 saturated heterocycles. The molecule has 5 nitrogen and oxygen atoms in total. The Morgan fingerprint density at radius 1 is 1.04 bits per heavy atom. The zero-order chi connectivity index (χ0) is 19.3. The molecule has 1 aliphatic rings. The fourth-order valence-electron chi connectivity index (χ4n) is 3.82. The zero-order valence-corrected chi connectivity index (χ0v) is 16.0. The highest BCUT2D eigenvalue weighted by molar-refractivity contribution is 5.75. The van der Waals surface area contributed by atoms with Gasteiger partial charge in [0.25, 0.3) is 0 Å². The lowest BCUT2D eigenvalue weighted by atomic mass is 10.0. The highest BCUT2D eigenvalue weighted by atomic mass is 16.5. The number of carbonyl (C=O) groups excluding carboxylic acids is 1. The predicted octanol–water partition coefficient (Wildman–Crippen LogP) is 4.01. The van der Waals surface area contributed by atoms with Crippen LogP contribution in [0.15, 0.2) is 72.9 Å². The average molecular weight is 375 g/mol. The Bertz CT molecular complexity index is 936. The van der Waals surface area contributed by atoms with Gasteiger partial charge >= 0.3 is 6.03 Å². The summed E-state index contributed by atoms with van der Waals surface area (Å²) < 4.78 is 7.52. The third kappa shape index (κ3) is 3.88. The first-order valence-corrected chi connectivity index (χ1v) is 9.61. The van der Waals surface area contributed by atoms with Crippen LogP contribution in [0.2, 0.25) is 0 Å². The van der Waals surface area contributed by atoms with Gasteiger partial charge in [-0.05, 0) is 41.8 Å². The Balaban J connectivity index is 1.50. The summed E-state index contributed by atoms with van der Waals surface area (Å²) in [5.74, 6) is 0.796. The average Bonchev–Trinajstić information content (AvgIpc) is 3.22. The number of amides is 2. The summed E-state index contributed by atoms with van der Waals surface area (Å²) >= 11 is 0. The molecule has 4 rings (SSSR count). The molecule has 1 atom stereocenters. The molecule has 0 unspecified atom stereocenters. The Hall–Kier alpha value is -3.21. The van der Waals surface area contributed by atoms with Gasteiger partial charge in [-0.2, -0.15) is 0 Å². The molecule has 0 spiro atoms. The van der Waals surface area contributed by atoms with Crippen molar-refractivity contribution in [2.45, 2.75) is 25.6 Å². The number of methoxy groups -OCH3 is 1. The van der Waals surface area contributed by atoms with Crippen LogP contribution >= 0.6 is 0 Å². The summed E-state index contributed by atoms with van der Waals surface area (Å²) in [6, 6.07) is 22.3. The summed E-state index contributed by atoms with van der Waals surface area (Å²) in [4.78, 5) is 15.0. The first-order valence-electron chi connectivity index (χ1n) is 9.61. The number of hydrogen-bond donors (Lipinski definition) is 1. The standard InChI is InChI=1S/C23H25N3O2/c1-28-20-10-5-9-19(15-20)17-24-23(27)26-14-13-25-12-6-11-21(25)22(26)16-18-7-3-2-4-8-18/h2-12,15,22H,13-14,16-17H2,1H3,(H,24,27)/t22-/m1/s1. The van der Waals surface area contributed by atoms with E-state index < -0.39 is 0 Å². The van der Waals surface area contributed by atoms with E-state index in [2.05, 4.69) is 40.3 Å². The van der Waals surface area contributed by atoms with Gasteiger partial charge < -0.3 is 19.5 Å². The van der Waals surface area contributed by atoms with Crippen molar-refractivity contribution in [1.82, 2.24) is 14.8 Å². The maximum Gasteiger partial charge on any atom is 0.318 e. The number of ether oxygens (including phenoxy) is 1. The normalized spacial score (nSPS) is 15.8. The molecule has 3 aromatic rings. The molecule has 2 aromatic carbocycles. The molecule has 2 amide bonds. The molecule has 28 heavy (non-hydrogen) atoms. The van der Waals surface area contributed by atoms with E-state index in [1.807, 2.05) is 47.4 Å². The van der Waals surface area contributed by atoms with Crippen LogP contribution in [0.3, 0.4) is 0 Å². The minimum atomic E-state index is -0.0313.